The highest BCUT2D eigenvalue weighted by molar-refractivity contribution is 6.30. The Labute approximate surface area is 179 Å². The quantitative estimate of drug-likeness (QED) is 0.258. The van der Waals surface area contributed by atoms with Crippen molar-refractivity contribution < 1.29 is 19.1 Å². The van der Waals surface area contributed by atoms with Gasteiger partial charge in [-0.25, -0.2) is 10.2 Å². The van der Waals surface area contributed by atoms with E-state index in [-0.39, 0.29) is 5.91 Å². The van der Waals surface area contributed by atoms with Gasteiger partial charge in [0.05, 0.1) is 18.4 Å². The molecule has 0 saturated heterocycles. The fraction of sp³-hybridized carbons (Fsp3) is 0.0870. The first-order valence-corrected chi connectivity index (χ1v) is 9.57. The van der Waals surface area contributed by atoms with Gasteiger partial charge < -0.3 is 9.47 Å². The number of nitrogens with one attached hydrogen (secondary N) is 1. The summed E-state index contributed by atoms with van der Waals surface area (Å²) in [7, 11) is 0. The van der Waals surface area contributed by atoms with Crippen molar-refractivity contribution >= 4 is 29.7 Å². The molecule has 0 atom stereocenters. The Morgan fingerprint density at radius 3 is 2.33 bits per heavy atom. The van der Waals surface area contributed by atoms with Gasteiger partial charge in [-0.2, -0.15) is 5.10 Å². The molecule has 0 heterocycles. The van der Waals surface area contributed by atoms with E-state index in [1.807, 2.05) is 6.92 Å². The highest BCUT2D eigenvalue weighted by atomic mass is 35.5. The van der Waals surface area contributed by atoms with E-state index in [1.165, 1.54) is 12.3 Å². The number of hydrogen-bond acceptors (Lipinski definition) is 5. The van der Waals surface area contributed by atoms with E-state index < -0.39 is 5.97 Å². The Kier molecular flexibility index (Phi) is 7.19. The van der Waals surface area contributed by atoms with E-state index in [9.17, 15) is 9.59 Å². The van der Waals surface area contributed by atoms with Crippen LogP contribution in [0.3, 0.4) is 0 Å². The molecule has 1 N–H and O–H groups in total. The number of nitrogens with zero attached hydrogens (tertiary/aromatic N) is 1. The summed E-state index contributed by atoms with van der Waals surface area (Å²) >= 11 is 5.88. The highest BCUT2D eigenvalue weighted by Crippen LogP contribution is 2.16. The van der Waals surface area contributed by atoms with Gasteiger partial charge in [0, 0.05) is 10.6 Å². The van der Waals surface area contributed by atoms with Crippen molar-refractivity contribution in [1.29, 1.82) is 0 Å². The monoisotopic (exact) mass is 422 g/mol. The lowest BCUT2D eigenvalue weighted by molar-refractivity contribution is 0.0734. The Hall–Kier alpha value is -3.64. The van der Waals surface area contributed by atoms with Gasteiger partial charge in [0.1, 0.15) is 11.5 Å². The highest BCUT2D eigenvalue weighted by Gasteiger charge is 2.09. The molecule has 0 aliphatic rings. The molecule has 0 radical (unpaired) electrons. The zero-order valence-corrected chi connectivity index (χ0v) is 16.9. The minimum atomic E-state index is -0.499. The van der Waals surface area contributed by atoms with Gasteiger partial charge in [-0.1, -0.05) is 17.7 Å². The number of hydrogen-bond donors (Lipinski definition) is 1. The normalized spacial score (nSPS) is 10.6. The lowest BCUT2D eigenvalue weighted by atomic mass is 10.2. The van der Waals surface area contributed by atoms with Crippen LogP contribution >= 0.6 is 11.6 Å². The minimum absolute atomic E-state index is 0.332. The van der Waals surface area contributed by atoms with Crippen LogP contribution in [0.5, 0.6) is 11.5 Å². The molecule has 0 aromatic heterocycles. The Morgan fingerprint density at radius 2 is 1.67 bits per heavy atom. The first-order valence-electron chi connectivity index (χ1n) is 9.19. The second-order valence-corrected chi connectivity index (χ2v) is 6.56. The largest absolute Gasteiger partial charge is 0.494 e. The predicted octanol–water partition coefficient (Wildman–Crippen LogP) is 4.72. The maximum absolute atomic E-state index is 12.1. The van der Waals surface area contributed by atoms with Gasteiger partial charge in [0.15, 0.2) is 0 Å². The fourth-order valence-electron chi connectivity index (χ4n) is 2.50. The lowest BCUT2D eigenvalue weighted by Crippen LogP contribution is -2.17. The van der Waals surface area contributed by atoms with E-state index in [4.69, 9.17) is 21.1 Å². The number of carbonyl (C=O) groups excluding carboxylic acids is 2. The fourth-order valence-corrected chi connectivity index (χ4v) is 2.69. The Morgan fingerprint density at radius 1 is 0.967 bits per heavy atom. The molecule has 1 amide bonds. The summed E-state index contributed by atoms with van der Waals surface area (Å²) in [6, 6.07) is 20.0. The smallest absolute Gasteiger partial charge is 0.343 e. The van der Waals surface area contributed by atoms with Crippen LogP contribution in [-0.4, -0.2) is 24.7 Å². The number of rotatable bonds is 7. The maximum atomic E-state index is 12.1. The molecular weight excluding hydrogens is 404 g/mol. The van der Waals surface area contributed by atoms with E-state index >= 15 is 0 Å². The first kappa shape index (κ1) is 21.1. The van der Waals surface area contributed by atoms with Gasteiger partial charge in [-0.3, -0.25) is 4.79 Å². The third-order valence-corrected chi connectivity index (χ3v) is 4.19. The molecule has 3 rings (SSSR count). The number of halogens is 1. The molecule has 3 aromatic rings. The number of ether oxygens (including phenoxy) is 2. The van der Waals surface area contributed by atoms with E-state index in [0.717, 1.165) is 5.56 Å². The van der Waals surface area contributed by atoms with Crippen LogP contribution in [0, 0.1) is 0 Å². The van der Waals surface area contributed by atoms with Gasteiger partial charge in [-0.15, -0.1) is 0 Å². The second-order valence-electron chi connectivity index (χ2n) is 6.13. The Bertz CT molecular complexity index is 1050. The molecule has 0 fully saturated rings. The number of hydrazone groups is 1. The molecule has 0 aliphatic heterocycles. The predicted molar refractivity (Wildman–Crippen MR) is 116 cm³/mol. The molecule has 6 nitrogen and oxygen atoms in total. The molecule has 152 valence electrons. The summed E-state index contributed by atoms with van der Waals surface area (Å²) in [6.45, 7) is 2.46. The van der Waals surface area contributed by atoms with Gasteiger partial charge in [-0.05, 0) is 79.2 Å². The summed E-state index contributed by atoms with van der Waals surface area (Å²) in [4.78, 5) is 24.2. The van der Waals surface area contributed by atoms with Gasteiger partial charge in [0.25, 0.3) is 5.91 Å². The molecule has 7 heteroatoms. The van der Waals surface area contributed by atoms with Crippen molar-refractivity contribution in [3.8, 4) is 11.5 Å². The van der Waals surface area contributed by atoms with Gasteiger partial charge in [0.2, 0.25) is 0 Å². The van der Waals surface area contributed by atoms with Crippen molar-refractivity contribution in [1.82, 2.24) is 5.43 Å². The van der Waals surface area contributed by atoms with Crippen LogP contribution in [0.15, 0.2) is 77.9 Å². The van der Waals surface area contributed by atoms with Crippen molar-refractivity contribution in [3.63, 3.8) is 0 Å². The van der Waals surface area contributed by atoms with E-state index in [1.54, 1.807) is 66.7 Å². The van der Waals surface area contributed by atoms with Crippen molar-refractivity contribution in [3.05, 3.63) is 94.5 Å². The van der Waals surface area contributed by atoms with Crippen LogP contribution in [0.1, 0.15) is 33.2 Å². The zero-order chi connectivity index (χ0) is 21.3. The van der Waals surface area contributed by atoms with Crippen molar-refractivity contribution in [2.75, 3.05) is 6.61 Å². The molecule has 0 bridgehead atoms. The number of esters is 1. The van der Waals surface area contributed by atoms with Crippen molar-refractivity contribution in [2.45, 2.75) is 6.92 Å². The minimum Gasteiger partial charge on any atom is -0.494 e. The third-order valence-electron chi connectivity index (χ3n) is 3.96. The SMILES string of the molecule is CCOc1ccc(C(=O)N/N=C/c2ccc(OC(=O)c3cccc(Cl)c3)cc2)cc1. The average Bonchev–Trinajstić information content (AvgIpc) is 2.75. The van der Waals surface area contributed by atoms with Crippen LogP contribution < -0.4 is 14.9 Å². The average molecular weight is 423 g/mol. The summed E-state index contributed by atoms with van der Waals surface area (Å²) in [5.74, 6) is 0.257. The molecule has 0 aliphatic carbocycles. The molecule has 0 saturated carbocycles. The van der Waals surface area contributed by atoms with Gasteiger partial charge >= 0.3 is 5.97 Å². The summed E-state index contributed by atoms with van der Waals surface area (Å²) in [5, 5.41) is 4.41. The number of amides is 1. The lowest BCUT2D eigenvalue weighted by Gasteiger charge is -2.05. The van der Waals surface area contributed by atoms with Crippen LogP contribution in [0.2, 0.25) is 5.02 Å². The zero-order valence-electron chi connectivity index (χ0n) is 16.2. The summed E-state index contributed by atoms with van der Waals surface area (Å²) in [5.41, 5.74) is 4.03. The van der Waals surface area contributed by atoms with E-state index in [0.29, 0.717) is 34.3 Å². The molecular formula is C23H19ClN2O4. The molecule has 0 unspecified atom stereocenters. The third kappa shape index (κ3) is 5.93. The summed E-state index contributed by atoms with van der Waals surface area (Å²) < 4.78 is 10.7. The number of benzene rings is 3. The standard InChI is InChI=1S/C23H19ClN2O4/c1-2-29-20-12-8-17(9-13-20)22(27)26-25-15-16-6-10-21(11-7-16)30-23(28)18-4-3-5-19(24)14-18/h3-15H,2H2,1H3,(H,26,27)/b25-15+. The van der Waals surface area contributed by atoms with Crippen LogP contribution in [0.25, 0.3) is 0 Å². The maximum Gasteiger partial charge on any atom is 0.343 e. The topological polar surface area (TPSA) is 77.0 Å². The van der Waals surface area contributed by atoms with Crippen LogP contribution in [-0.2, 0) is 0 Å². The van der Waals surface area contributed by atoms with E-state index in [2.05, 4.69) is 10.5 Å². The molecule has 3 aromatic carbocycles. The second kappa shape index (κ2) is 10.2. The molecule has 0 spiro atoms. The Balaban J connectivity index is 1.54. The number of carbonyl (C=O) groups is 2. The molecule has 30 heavy (non-hydrogen) atoms. The van der Waals surface area contributed by atoms with Crippen molar-refractivity contribution in [2.24, 2.45) is 5.10 Å². The summed E-state index contributed by atoms with van der Waals surface area (Å²) in [6.07, 6.45) is 1.50. The van der Waals surface area contributed by atoms with Crippen LogP contribution in [0.4, 0.5) is 0 Å². The first-order chi connectivity index (χ1) is 14.5.